The first-order valence-corrected chi connectivity index (χ1v) is 7.17. The normalized spacial score (nSPS) is 32.8. The topological polar surface area (TPSA) is 113 Å². The molecular formula is C16H16O7. The van der Waals surface area contributed by atoms with Crippen LogP contribution in [0.15, 0.2) is 30.3 Å². The van der Waals surface area contributed by atoms with Gasteiger partial charge in [-0.1, -0.05) is 12.1 Å². The largest absolute Gasteiger partial charge is 0.508 e. The van der Waals surface area contributed by atoms with E-state index in [1.807, 2.05) is 0 Å². The minimum atomic E-state index is -1.69. The molecule has 3 N–H and O–H groups in total. The standard InChI is InChI=1S/C16H16O7/c17-10-4-1-9(2-5-10)3-6-13(19)23-14-11(18)7-16(21)8-12(14)22-15(16)20/h1-6,11-12,14,17-18,21H,7-8H2/t11?,12?,14-,16+/m1/s1. The molecule has 2 unspecified atom stereocenters. The van der Waals surface area contributed by atoms with Gasteiger partial charge in [0.05, 0.1) is 6.10 Å². The highest BCUT2D eigenvalue weighted by molar-refractivity contribution is 5.87. The predicted molar refractivity (Wildman–Crippen MR) is 77.1 cm³/mol. The molecular weight excluding hydrogens is 304 g/mol. The van der Waals surface area contributed by atoms with Gasteiger partial charge < -0.3 is 24.8 Å². The number of benzene rings is 1. The Hall–Kier alpha value is -2.38. The highest BCUT2D eigenvalue weighted by atomic mass is 16.6. The first-order valence-electron chi connectivity index (χ1n) is 7.17. The summed E-state index contributed by atoms with van der Waals surface area (Å²) in [4.78, 5) is 23.4. The number of carbonyl (C=O) groups excluding carboxylic acids is 2. The van der Waals surface area contributed by atoms with Crippen LogP contribution in [0.25, 0.3) is 6.08 Å². The minimum absolute atomic E-state index is 0.00250. The number of esters is 2. The third-order valence-corrected chi connectivity index (χ3v) is 4.03. The lowest BCUT2D eigenvalue weighted by Gasteiger charge is -2.32. The number of phenolic OH excluding ortho intramolecular Hbond substituents is 1. The number of rotatable bonds is 3. The van der Waals surface area contributed by atoms with Crippen LogP contribution in [0.5, 0.6) is 5.75 Å². The highest BCUT2D eigenvalue weighted by Crippen LogP contribution is 2.39. The SMILES string of the molecule is O=C(C=Cc1ccc(O)cc1)O[C@@H]1C(O)C[C@]2(O)CC1OC2=O. The molecule has 0 radical (unpaired) electrons. The Balaban J connectivity index is 1.64. The molecule has 122 valence electrons. The lowest BCUT2D eigenvalue weighted by atomic mass is 9.82. The number of phenols is 1. The van der Waals surface area contributed by atoms with Gasteiger partial charge in [0.25, 0.3) is 0 Å². The Morgan fingerprint density at radius 1 is 1.30 bits per heavy atom. The molecule has 0 aromatic heterocycles. The molecule has 0 spiro atoms. The molecule has 1 aromatic carbocycles. The summed E-state index contributed by atoms with van der Waals surface area (Å²) in [6.45, 7) is 0. The van der Waals surface area contributed by atoms with Crippen molar-refractivity contribution in [3.8, 4) is 5.75 Å². The van der Waals surface area contributed by atoms with Crippen molar-refractivity contribution in [1.82, 2.24) is 0 Å². The van der Waals surface area contributed by atoms with Gasteiger partial charge in [0, 0.05) is 18.9 Å². The van der Waals surface area contributed by atoms with Crippen molar-refractivity contribution >= 4 is 18.0 Å². The van der Waals surface area contributed by atoms with E-state index < -0.39 is 35.9 Å². The summed E-state index contributed by atoms with van der Waals surface area (Å²) >= 11 is 0. The number of aromatic hydroxyl groups is 1. The maximum absolute atomic E-state index is 11.9. The van der Waals surface area contributed by atoms with Gasteiger partial charge in [-0.05, 0) is 23.8 Å². The smallest absolute Gasteiger partial charge is 0.338 e. The second kappa shape index (κ2) is 5.68. The average Bonchev–Trinajstić information content (AvgIpc) is 2.74. The van der Waals surface area contributed by atoms with E-state index in [2.05, 4.69) is 0 Å². The first kappa shape index (κ1) is 15.5. The summed E-state index contributed by atoms with van der Waals surface area (Å²) in [5.41, 5.74) is -1.000. The van der Waals surface area contributed by atoms with E-state index in [0.29, 0.717) is 5.56 Å². The number of hydrogen-bond donors (Lipinski definition) is 3. The van der Waals surface area contributed by atoms with Crippen LogP contribution in [-0.2, 0) is 19.1 Å². The molecule has 3 rings (SSSR count). The van der Waals surface area contributed by atoms with E-state index >= 15 is 0 Å². The summed E-state index contributed by atoms with van der Waals surface area (Å²) in [6, 6.07) is 6.20. The molecule has 0 amide bonds. The van der Waals surface area contributed by atoms with E-state index in [0.717, 1.165) is 0 Å². The van der Waals surface area contributed by atoms with Crippen LogP contribution in [0.2, 0.25) is 0 Å². The van der Waals surface area contributed by atoms with Gasteiger partial charge >= 0.3 is 11.9 Å². The molecule has 7 heteroatoms. The molecule has 4 atom stereocenters. The van der Waals surface area contributed by atoms with E-state index in [1.165, 1.54) is 24.3 Å². The molecule has 1 saturated heterocycles. The first-order chi connectivity index (χ1) is 10.9. The van der Waals surface area contributed by atoms with Crippen LogP contribution in [0, 0.1) is 0 Å². The second-order valence-electron chi connectivity index (χ2n) is 5.78. The van der Waals surface area contributed by atoms with Crippen molar-refractivity contribution in [2.24, 2.45) is 0 Å². The van der Waals surface area contributed by atoms with E-state index in [1.54, 1.807) is 12.1 Å². The molecule has 2 aliphatic rings. The zero-order valence-corrected chi connectivity index (χ0v) is 12.1. The van der Waals surface area contributed by atoms with Crippen molar-refractivity contribution in [3.63, 3.8) is 0 Å². The second-order valence-corrected chi connectivity index (χ2v) is 5.78. The molecule has 23 heavy (non-hydrogen) atoms. The van der Waals surface area contributed by atoms with Crippen molar-refractivity contribution in [1.29, 1.82) is 0 Å². The van der Waals surface area contributed by atoms with Crippen molar-refractivity contribution in [3.05, 3.63) is 35.9 Å². The minimum Gasteiger partial charge on any atom is -0.508 e. The van der Waals surface area contributed by atoms with E-state index in [9.17, 15) is 24.9 Å². The number of hydrogen-bond acceptors (Lipinski definition) is 7. The van der Waals surface area contributed by atoms with Gasteiger partial charge in [-0.15, -0.1) is 0 Å². The molecule has 2 bridgehead atoms. The number of ether oxygens (including phenoxy) is 2. The fourth-order valence-electron chi connectivity index (χ4n) is 2.84. The Kier molecular flexibility index (Phi) is 3.83. The monoisotopic (exact) mass is 320 g/mol. The number of fused-ring (bicyclic) bond motifs is 2. The van der Waals surface area contributed by atoms with Crippen LogP contribution < -0.4 is 0 Å². The molecule has 1 aliphatic heterocycles. The van der Waals surface area contributed by atoms with Gasteiger partial charge in [0.2, 0.25) is 0 Å². The molecule has 1 aromatic rings. The number of aliphatic hydroxyl groups excluding tert-OH is 1. The van der Waals surface area contributed by atoms with Crippen LogP contribution in [0.3, 0.4) is 0 Å². The molecule has 1 heterocycles. The van der Waals surface area contributed by atoms with Gasteiger partial charge in [0.15, 0.2) is 11.7 Å². The van der Waals surface area contributed by atoms with Crippen molar-refractivity contribution in [2.75, 3.05) is 0 Å². The van der Waals surface area contributed by atoms with Gasteiger partial charge in [-0.2, -0.15) is 0 Å². The fraction of sp³-hybridized carbons (Fsp3) is 0.375. The Morgan fingerprint density at radius 2 is 2.00 bits per heavy atom. The summed E-state index contributed by atoms with van der Waals surface area (Å²) in [6.07, 6.45) is -0.563. The van der Waals surface area contributed by atoms with Crippen LogP contribution in [0.1, 0.15) is 18.4 Å². The van der Waals surface area contributed by atoms with Crippen LogP contribution >= 0.6 is 0 Å². The zero-order chi connectivity index (χ0) is 16.6. The maximum Gasteiger partial charge on any atom is 0.338 e. The summed E-state index contributed by atoms with van der Waals surface area (Å²) < 4.78 is 10.1. The van der Waals surface area contributed by atoms with Gasteiger partial charge in [0.1, 0.15) is 11.9 Å². The van der Waals surface area contributed by atoms with Crippen molar-refractivity contribution in [2.45, 2.75) is 36.8 Å². The number of carbonyl (C=O) groups is 2. The van der Waals surface area contributed by atoms with Gasteiger partial charge in [-0.25, -0.2) is 9.59 Å². The summed E-state index contributed by atoms with van der Waals surface area (Å²) in [5.74, 6) is -1.37. The van der Waals surface area contributed by atoms with Crippen LogP contribution in [0.4, 0.5) is 0 Å². The molecule has 2 fully saturated rings. The Bertz CT molecular complexity index is 651. The Morgan fingerprint density at radius 3 is 2.70 bits per heavy atom. The Labute approximate surface area is 131 Å². The van der Waals surface area contributed by atoms with E-state index in [4.69, 9.17) is 9.47 Å². The lowest BCUT2D eigenvalue weighted by molar-refractivity contribution is -0.165. The van der Waals surface area contributed by atoms with Crippen LogP contribution in [-0.4, -0.2) is 51.2 Å². The number of aliphatic hydroxyl groups is 2. The quantitative estimate of drug-likeness (QED) is 0.536. The third-order valence-electron chi connectivity index (χ3n) is 4.03. The summed E-state index contributed by atoms with van der Waals surface area (Å²) in [5, 5.41) is 29.1. The van der Waals surface area contributed by atoms with Crippen molar-refractivity contribution < 1.29 is 34.4 Å². The lowest BCUT2D eigenvalue weighted by Crippen LogP contribution is -2.50. The van der Waals surface area contributed by atoms with E-state index in [-0.39, 0.29) is 18.6 Å². The maximum atomic E-state index is 11.9. The summed E-state index contributed by atoms with van der Waals surface area (Å²) in [7, 11) is 0. The molecule has 1 saturated carbocycles. The molecule has 7 nitrogen and oxygen atoms in total. The third kappa shape index (κ3) is 3.06. The predicted octanol–water partition coefficient (Wildman–Crippen LogP) is 0.128. The molecule has 1 aliphatic carbocycles. The highest BCUT2D eigenvalue weighted by Gasteiger charge is 2.58. The fourth-order valence-corrected chi connectivity index (χ4v) is 2.84. The average molecular weight is 320 g/mol. The zero-order valence-electron chi connectivity index (χ0n) is 12.1. The van der Waals surface area contributed by atoms with Gasteiger partial charge in [-0.3, -0.25) is 0 Å².